The molecule has 0 bridgehead atoms. The number of rotatable bonds is 7. The van der Waals surface area contributed by atoms with Crippen LogP contribution in [0, 0.1) is 5.92 Å². The van der Waals surface area contributed by atoms with Crippen molar-refractivity contribution in [2.75, 3.05) is 19.6 Å². The molecule has 0 aromatic carbocycles. The minimum Gasteiger partial charge on any atom is -0.308 e. The monoisotopic (exact) mass is 308 g/mol. The van der Waals surface area contributed by atoms with Crippen molar-refractivity contribution in [2.45, 2.75) is 65.0 Å². The second-order valence-corrected chi connectivity index (χ2v) is 7.98. The van der Waals surface area contributed by atoms with Crippen LogP contribution in [0.15, 0.2) is 17.5 Å². The first-order valence-corrected chi connectivity index (χ1v) is 9.48. The van der Waals surface area contributed by atoms with Gasteiger partial charge in [0.25, 0.3) is 0 Å². The fourth-order valence-corrected chi connectivity index (χ4v) is 4.21. The zero-order valence-corrected chi connectivity index (χ0v) is 15.0. The molecule has 1 atom stereocenters. The summed E-state index contributed by atoms with van der Waals surface area (Å²) in [4.78, 5) is 4.29. The Kier molecular flexibility index (Phi) is 6.27. The van der Waals surface area contributed by atoms with Crippen LogP contribution in [0.4, 0.5) is 0 Å². The lowest BCUT2D eigenvalue weighted by atomic mass is 9.87. The molecule has 2 nitrogen and oxygen atoms in total. The van der Waals surface area contributed by atoms with Gasteiger partial charge in [-0.2, -0.15) is 0 Å². The Balaban J connectivity index is 2.01. The van der Waals surface area contributed by atoms with E-state index in [4.69, 9.17) is 0 Å². The lowest BCUT2D eigenvalue weighted by Crippen LogP contribution is -2.64. The first kappa shape index (κ1) is 17.0. The van der Waals surface area contributed by atoms with Crippen LogP contribution in [0.1, 0.15) is 51.8 Å². The molecule has 21 heavy (non-hydrogen) atoms. The number of thiophene rings is 1. The first-order valence-electron chi connectivity index (χ1n) is 8.60. The van der Waals surface area contributed by atoms with Gasteiger partial charge in [0.15, 0.2) is 0 Å². The Morgan fingerprint density at radius 1 is 1.38 bits per heavy atom. The van der Waals surface area contributed by atoms with Crippen LogP contribution in [0.25, 0.3) is 0 Å². The van der Waals surface area contributed by atoms with Gasteiger partial charge in [-0.25, -0.2) is 0 Å². The second-order valence-electron chi connectivity index (χ2n) is 6.95. The summed E-state index contributed by atoms with van der Waals surface area (Å²) in [6.07, 6.45) is 4.97. The summed E-state index contributed by atoms with van der Waals surface area (Å²) in [6.45, 7) is 12.9. The van der Waals surface area contributed by atoms with Crippen LogP contribution in [0.5, 0.6) is 0 Å². The van der Waals surface area contributed by atoms with Crippen molar-refractivity contribution in [3.63, 3.8) is 0 Å². The summed E-state index contributed by atoms with van der Waals surface area (Å²) < 4.78 is 0. The van der Waals surface area contributed by atoms with Gasteiger partial charge in [-0.1, -0.05) is 33.8 Å². The molecular formula is C18H32N2S. The SMILES string of the molecule is CCC1(CC)CN(CCc2cccs2)C(CC(C)C)CN1. The van der Waals surface area contributed by atoms with Crippen molar-refractivity contribution in [3.05, 3.63) is 22.4 Å². The largest absolute Gasteiger partial charge is 0.308 e. The molecular weight excluding hydrogens is 276 g/mol. The molecule has 0 amide bonds. The summed E-state index contributed by atoms with van der Waals surface area (Å²) in [5, 5.41) is 6.07. The highest BCUT2D eigenvalue weighted by atomic mass is 32.1. The summed E-state index contributed by atoms with van der Waals surface area (Å²) in [6, 6.07) is 5.15. The molecule has 120 valence electrons. The highest BCUT2D eigenvalue weighted by Gasteiger charge is 2.36. The van der Waals surface area contributed by atoms with E-state index in [2.05, 4.69) is 55.4 Å². The van der Waals surface area contributed by atoms with Gasteiger partial charge in [-0.3, -0.25) is 4.90 Å². The number of piperazine rings is 1. The molecule has 1 fully saturated rings. The normalized spacial score (nSPS) is 22.8. The quantitative estimate of drug-likeness (QED) is 0.813. The molecule has 1 aliphatic heterocycles. The fourth-order valence-electron chi connectivity index (χ4n) is 3.51. The van der Waals surface area contributed by atoms with Crippen molar-refractivity contribution in [1.82, 2.24) is 10.2 Å². The van der Waals surface area contributed by atoms with Crippen LogP contribution in [-0.2, 0) is 6.42 Å². The Labute approximate surface area is 134 Å². The Hall–Kier alpha value is -0.380. The zero-order chi connectivity index (χ0) is 15.3. The average Bonchev–Trinajstić information content (AvgIpc) is 2.99. The molecule has 0 aliphatic carbocycles. The van der Waals surface area contributed by atoms with Gasteiger partial charge in [-0.05, 0) is 43.0 Å². The minimum absolute atomic E-state index is 0.336. The molecule has 0 radical (unpaired) electrons. The molecule has 0 saturated carbocycles. The van der Waals surface area contributed by atoms with E-state index >= 15 is 0 Å². The molecule has 0 spiro atoms. The molecule has 1 saturated heterocycles. The molecule has 1 aromatic heterocycles. The molecule has 1 unspecified atom stereocenters. The third-order valence-electron chi connectivity index (χ3n) is 5.06. The molecule has 2 heterocycles. The van der Waals surface area contributed by atoms with Gasteiger partial charge in [-0.15, -0.1) is 11.3 Å². The van der Waals surface area contributed by atoms with Gasteiger partial charge in [0.1, 0.15) is 0 Å². The van der Waals surface area contributed by atoms with Crippen LogP contribution in [0.2, 0.25) is 0 Å². The average molecular weight is 309 g/mol. The van der Waals surface area contributed by atoms with Crippen molar-refractivity contribution in [1.29, 1.82) is 0 Å². The summed E-state index contributed by atoms with van der Waals surface area (Å²) in [5.74, 6) is 0.775. The van der Waals surface area contributed by atoms with Gasteiger partial charge in [0.05, 0.1) is 0 Å². The lowest BCUT2D eigenvalue weighted by Gasteiger charge is -2.48. The highest BCUT2D eigenvalue weighted by molar-refractivity contribution is 7.09. The van der Waals surface area contributed by atoms with E-state index in [1.165, 1.54) is 43.6 Å². The smallest absolute Gasteiger partial charge is 0.0304 e. The third-order valence-corrected chi connectivity index (χ3v) is 5.99. The number of nitrogens with one attached hydrogen (secondary N) is 1. The van der Waals surface area contributed by atoms with E-state index < -0.39 is 0 Å². The third kappa shape index (κ3) is 4.54. The second kappa shape index (κ2) is 7.75. The van der Waals surface area contributed by atoms with E-state index in [1.54, 1.807) is 0 Å². The van der Waals surface area contributed by atoms with Gasteiger partial charge < -0.3 is 5.32 Å². The maximum Gasteiger partial charge on any atom is 0.0304 e. The van der Waals surface area contributed by atoms with Crippen molar-refractivity contribution in [3.8, 4) is 0 Å². The van der Waals surface area contributed by atoms with E-state index in [0.717, 1.165) is 12.5 Å². The standard InChI is InChI=1S/C18H32N2S/c1-5-18(6-2)14-20(10-9-17-8-7-11-21-17)16(13-19-18)12-15(3)4/h7-8,11,15-16,19H,5-6,9-10,12-14H2,1-4H3. The molecule has 1 N–H and O–H groups in total. The fraction of sp³-hybridized carbons (Fsp3) is 0.778. The summed E-state index contributed by atoms with van der Waals surface area (Å²) in [5.41, 5.74) is 0.336. The van der Waals surface area contributed by atoms with Crippen LogP contribution >= 0.6 is 11.3 Å². The summed E-state index contributed by atoms with van der Waals surface area (Å²) >= 11 is 1.90. The Morgan fingerprint density at radius 2 is 2.14 bits per heavy atom. The predicted octanol–water partition coefficient (Wildman–Crippen LogP) is 4.17. The molecule has 3 heteroatoms. The topological polar surface area (TPSA) is 15.3 Å². The Bertz CT molecular complexity index is 395. The molecule has 1 aromatic rings. The van der Waals surface area contributed by atoms with Gasteiger partial charge in [0, 0.05) is 36.1 Å². The van der Waals surface area contributed by atoms with Gasteiger partial charge in [0.2, 0.25) is 0 Å². The van der Waals surface area contributed by atoms with Crippen LogP contribution in [-0.4, -0.2) is 36.1 Å². The maximum absolute atomic E-state index is 3.87. The van der Waals surface area contributed by atoms with Crippen LogP contribution in [0.3, 0.4) is 0 Å². The Morgan fingerprint density at radius 3 is 2.71 bits per heavy atom. The zero-order valence-electron chi connectivity index (χ0n) is 14.2. The highest BCUT2D eigenvalue weighted by Crippen LogP contribution is 2.26. The number of hydrogen-bond donors (Lipinski definition) is 1. The maximum atomic E-state index is 3.87. The number of nitrogens with zero attached hydrogens (tertiary/aromatic N) is 1. The minimum atomic E-state index is 0.336. The molecule has 2 rings (SSSR count). The van der Waals surface area contributed by atoms with Crippen molar-refractivity contribution in [2.24, 2.45) is 5.92 Å². The van der Waals surface area contributed by atoms with E-state index in [1.807, 2.05) is 11.3 Å². The lowest BCUT2D eigenvalue weighted by molar-refractivity contribution is 0.0634. The van der Waals surface area contributed by atoms with E-state index in [9.17, 15) is 0 Å². The van der Waals surface area contributed by atoms with Crippen molar-refractivity contribution >= 4 is 11.3 Å². The van der Waals surface area contributed by atoms with Crippen LogP contribution < -0.4 is 5.32 Å². The summed E-state index contributed by atoms with van der Waals surface area (Å²) in [7, 11) is 0. The number of hydrogen-bond acceptors (Lipinski definition) is 3. The van der Waals surface area contributed by atoms with E-state index in [0.29, 0.717) is 11.6 Å². The van der Waals surface area contributed by atoms with Crippen molar-refractivity contribution < 1.29 is 0 Å². The van der Waals surface area contributed by atoms with E-state index in [-0.39, 0.29) is 0 Å². The first-order chi connectivity index (χ1) is 10.1. The molecule has 1 aliphatic rings. The predicted molar refractivity (Wildman–Crippen MR) is 94.2 cm³/mol. The van der Waals surface area contributed by atoms with Gasteiger partial charge >= 0.3 is 0 Å².